The van der Waals surface area contributed by atoms with Crippen LogP contribution in [0.15, 0.2) is 36.4 Å². The van der Waals surface area contributed by atoms with Crippen molar-refractivity contribution in [3.63, 3.8) is 0 Å². The van der Waals surface area contributed by atoms with Gasteiger partial charge in [0.25, 0.3) is 0 Å². The van der Waals surface area contributed by atoms with Crippen molar-refractivity contribution in [3.8, 4) is 5.69 Å². The zero-order valence-electron chi connectivity index (χ0n) is 12.9. The molecule has 4 nitrogen and oxygen atoms in total. The maximum Gasteiger partial charge on any atom is 0.207 e. The van der Waals surface area contributed by atoms with Gasteiger partial charge in [0.1, 0.15) is 5.52 Å². The van der Waals surface area contributed by atoms with Crippen molar-refractivity contribution < 1.29 is 0 Å². The molecule has 4 heteroatoms. The average molecular weight is 280 g/mol. The maximum absolute atomic E-state index is 6.07. The van der Waals surface area contributed by atoms with Gasteiger partial charge in [-0.05, 0) is 42.2 Å². The standard InChI is InChI=1S/C17H20N4/c1-11-5-10-14-15(19-11)21(16(18)20-14)13-8-6-12(7-9-13)17(2,3)4/h5-10H,1-4H3,(H2,18,20). The molecule has 0 aliphatic carbocycles. The van der Waals surface area contributed by atoms with Crippen LogP contribution in [0.5, 0.6) is 0 Å². The Balaban J connectivity index is 2.16. The molecule has 0 saturated carbocycles. The van der Waals surface area contributed by atoms with Crippen LogP contribution >= 0.6 is 0 Å². The lowest BCUT2D eigenvalue weighted by Crippen LogP contribution is -2.11. The number of imidazole rings is 1. The summed E-state index contributed by atoms with van der Waals surface area (Å²) < 4.78 is 1.90. The number of fused-ring (bicyclic) bond motifs is 1. The summed E-state index contributed by atoms with van der Waals surface area (Å²) in [7, 11) is 0. The first kappa shape index (κ1) is 13.6. The third-order valence-corrected chi connectivity index (χ3v) is 3.66. The Kier molecular flexibility index (Phi) is 2.97. The van der Waals surface area contributed by atoms with Crippen molar-refractivity contribution in [2.75, 3.05) is 5.73 Å². The highest BCUT2D eigenvalue weighted by molar-refractivity contribution is 5.77. The largest absolute Gasteiger partial charge is 0.369 e. The molecular weight excluding hydrogens is 260 g/mol. The first-order valence-corrected chi connectivity index (χ1v) is 7.09. The van der Waals surface area contributed by atoms with Crippen molar-refractivity contribution in [2.24, 2.45) is 0 Å². The molecule has 0 spiro atoms. The van der Waals surface area contributed by atoms with E-state index >= 15 is 0 Å². The molecule has 0 fully saturated rings. The second kappa shape index (κ2) is 4.58. The second-order valence-corrected chi connectivity index (χ2v) is 6.40. The molecule has 3 rings (SSSR count). The zero-order chi connectivity index (χ0) is 15.2. The smallest absolute Gasteiger partial charge is 0.207 e. The lowest BCUT2D eigenvalue weighted by Gasteiger charge is -2.19. The van der Waals surface area contributed by atoms with E-state index in [4.69, 9.17) is 5.73 Å². The molecule has 108 valence electrons. The first-order chi connectivity index (χ1) is 9.86. The molecule has 0 atom stereocenters. The fourth-order valence-electron chi connectivity index (χ4n) is 2.43. The number of benzene rings is 1. The van der Waals surface area contributed by atoms with Gasteiger partial charge in [-0.3, -0.25) is 4.57 Å². The minimum absolute atomic E-state index is 0.135. The molecule has 2 heterocycles. The van der Waals surface area contributed by atoms with Gasteiger partial charge in [-0.1, -0.05) is 32.9 Å². The van der Waals surface area contributed by atoms with Gasteiger partial charge in [0.15, 0.2) is 5.65 Å². The lowest BCUT2D eigenvalue weighted by atomic mass is 9.87. The van der Waals surface area contributed by atoms with E-state index in [1.807, 2.05) is 23.6 Å². The van der Waals surface area contributed by atoms with Crippen LogP contribution in [0.3, 0.4) is 0 Å². The minimum atomic E-state index is 0.135. The molecule has 3 aromatic rings. The predicted molar refractivity (Wildman–Crippen MR) is 86.7 cm³/mol. The van der Waals surface area contributed by atoms with Crippen LogP contribution < -0.4 is 5.73 Å². The van der Waals surface area contributed by atoms with Crippen LogP contribution in [0.4, 0.5) is 5.95 Å². The molecule has 0 amide bonds. The second-order valence-electron chi connectivity index (χ2n) is 6.40. The summed E-state index contributed by atoms with van der Waals surface area (Å²) in [5, 5.41) is 0. The molecule has 0 bridgehead atoms. The quantitative estimate of drug-likeness (QED) is 0.741. The highest BCUT2D eigenvalue weighted by atomic mass is 15.2. The van der Waals surface area contributed by atoms with Crippen LogP contribution in [0.1, 0.15) is 32.0 Å². The molecular formula is C17H20N4. The molecule has 0 radical (unpaired) electrons. The Morgan fingerprint density at radius 1 is 0.952 bits per heavy atom. The third kappa shape index (κ3) is 2.37. The van der Waals surface area contributed by atoms with E-state index in [9.17, 15) is 0 Å². The third-order valence-electron chi connectivity index (χ3n) is 3.66. The Bertz CT molecular complexity index is 792. The van der Waals surface area contributed by atoms with Gasteiger partial charge in [-0.2, -0.15) is 0 Å². The fourth-order valence-corrected chi connectivity index (χ4v) is 2.43. The number of anilines is 1. The van der Waals surface area contributed by atoms with E-state index in [1.54, 1.807) is 0 Å². The molecule has 0 aliphatic heterocycles. The van der Waals surface area contributed by atoms with Crippen molar-refractivity contribution in [2.45, 2.75) is 33.1 Å². The number of hydrogen-bond acceptors (Lipinski definition) is 3. The van der Waals surface area contributed by atoms with Crippen LogP contribution in [0.2, 0.25) is 0 Å². The van der Waals surface area contributed by atoms with Gasteiger partial charge in [-0.15, -0.1) is 0 Å². The van der Waals surface area contributed by atoms with Gasteiger partial charge in [0.2, 0.25) is 5.95 Å². The van der Waals surface area contributed by atoms with Gasteiger partial charge in [-0.25, -0.2) is 9.97 Å². The Hall–Kier alpha value is -2.36. The summed E-state index contributed by atoms with van der Waals surface area (Å²) in [6.07, 6.45) is 0. The van der Waals surface area contributed by atoms with Crippen molar-refractivity contribution >= 4 is 17.1 Å². The molecule has 21 heavy (non-hydrogen) atoms. The van der Waals surface area contributed by atoms with E-state index in [0.29, 0.717) is 5.95 Å². The predicted octanol–water partition coefficient (Wildman–Crippen LogP) is 3.61. The Labute approximate surface area is 124 Å². The number of nitrogens with zero attached hydrogens (tertiary/aromatic N) is 3. The first-order valence-electron chi connectivity index (χ1n) is 7.09. The monoisotopic (exact) mass is 280 g/mol. The highest BCUT2D eigenvalue weighted by Gasteiger charge is 2.15. The van der Waals surface area contributed by atoms with Crippen LogP contribution in [0.25, 0.3) is 16.9 Å². The van der Waals surface area contributed by atoms with Crippen molar-refractivity contribution in [3.05, 3.63) is 47.7 Å². The highest BCUT2D eigenvalue weighted by Crippen LogP contribution is 2.26. The van der Waals surface area contributed by atoms with Crippen LogP contribution in [-0.2, 0) is 5.41 Å². The van der Waals surface area contributed by atoms with E-state index < -0.39 is 0 Å². The summed E-state index contributed by atoms with van der Waals surface area (Å²) in [6.45, 7) is 8.57. The summed E-state index contributed by atoms with van der Waals surface area (Å²) in [5.74, 6) is 0.464. The molecule has 2 N–H and O–H groups in total. The van der Waals surface area contributed by atoms with Crippen LogP contribution in [-0.4, -0.2) is 14.5 Å². The molecule has 1 aromatic carbocycles. The number of nitrogens with two attached hydrogens (primary N) is 1. The fraction of sp³-hybridized carbons (Fsp3) is 0.294. The molecule has 0 aliphatic rings. The van der Waals surface area contributed by atoms with Gasteiger partial charge < -0.3 is 5.73 Å². The van der Waals surface area contributed by atoms with E-state index in [-0.39, 0.29) is 5.41 Å². The zero-order valence-corrected chi connectivity index (χ0v) is 12.9. The van der Waals surface area contributed by atoms with E-state index in [1.165, 1.54) is 5.56 Å². The number of hydrogen-bond donors (Lipinski definition) is 1. The summed E-state index contributed by atoms with van der Waals surface area (Å²) in [4.78, 5) is 8.94. The summed E-state index contributed by atoms with van der Waals surface area (Å²) in [6, 6.07) is 12.3. The maximum atomic E-state index is 6.07. The number of aryl methyl sites for hydroxylation is 1. The number of pyridine rings is 1. The number of aromatic nitrogens is 3. The average Bonchev–Trinajstić information content (AvgIpc) is 2.73. The molecule has 0 unspecified atom stereocenters. The number of rotatable bonds is 1. The van der Waals surface area contributed by atoms with E-state index in [2.05, 4.69) is 55.0 Å². The lowest BCUT2D eigenvalue weighted by molar-refractivity contribution is 0.590. The SMILES string of the molecule is Cc1ccc2nc(N)n(-c3ccc(C(C)(C)C)cc3)c2n1. The topological polar surface area (TPSA) is 56.7 Å². The number of nitrogen functional groups attached to an aromatic ring is 1. The van der Waals surface area contributed by atoms with Gasteiger partial charge in [0, 0.05) is 5.69 Å². The molecule has 2 aromatic heterocycles. The Morgan fingerprint density at radius 2 is 1.62 bits per heavy atom. The van der Waals surface area contributed by atoms with Crippen molar-refractivity contribution in [1.29, 1.82) is 0 Å². The van der Waals surface area contributed by atoms with Crippen molar-refractivity contribution in [1.82, 2.24) is 14.5 Å². The Morgan fingerprint density at radius 3 is 2.24 bits per heavy atom. The van der Waals surface area contributed by atoms with Gasteiger partial charge >= 0.3 is 0 Å². The summed E-state index contributed by atoms with van der Waals surface area (Å²) >= 11 is 0. The minimum Gasteiger partial charge on any atom is -0.369 e. The van der Waals surface area contributed by atoms with Gasteiger partial charge in [0.05, 0.1) is 5.69 Å². The van der Waals surface area contributed by atoms with Crippen LogP contribution in [0, 0.1) is 6.92 Å². The normalized spacial score (nSPS) is 12.0. The van der Waals surface area contributed by atoms with E-state index in [0.717, 1.165) is 22.5 Å². The summed E-state index contributed by atoms with van der Waals surface area (Å²) in [5.41, 5.74) is 11.1. The molecule has 0 saturated heterocycles.